The first-order valence-electron chi connectivity index (χ1n) is 14.9. The van der Waals surface area contributed by atoms with Crippen LogP contribution < -0.4 is 4.74 Å². The minimum atomic E-state index is -0.609. The number of pyridine rings is 1. The Hall–Kier alpha value is -3.22. The Morgan fingerprint density at radius 1 is 1.05 bits per heavy atom. The van der Waals surface area contributed by atoms with E-state index in [0.717, 1.165) is 64.2 Å². The molecule has 0 saturated carbocycles. The summed E-state index contributed by atoms with van der Waals surface area (Å²) in [5.74, 6) is 0.712. The Bertz CT molecular complexity index is 1590. The Morgan fingerprint density at radius 2 is 1.79 bits per heavy atom. The number of esters is 1. The minimum absolute atomic E-state index is 0.115. The molecule has 5 rings (SSSR count). The summed E-state index contributed by atoms with van der Waals surface area (Å²) in [6.45, 7) is 16.9. The maximum Gasteiger partial charge on any atom is 0.311 e. The summed E-state index contributed by atoms with van der Waals surface area (Å²) in [4.78, 5) is 19.4. The molecule has 0 amide bonds. The number of benzene rings is 2. The van der Waals surface area contributed by atoms with E-state index in [9.17, 15) is 4.79 Å². The molecule has 3 heterocycles. The number of aromatic nitrogens is 1. The molecule has 0 spiro atoms. The van der Waals surface area contributed by atoms with Crippen molar-refractivity contribution in [3.63, 3.8) is 0 Å². The van der Waals surface area contributed by atoms with Crippen LogP contribution >= 0.6 is 11.3 Å². The van der Waals surface area contributed by atoms with Crippen LogP contribution in [0.1, 0.15) is 86.9 Å². The third-order valence-corrected chi connectivity index (χ3v) is 8.72. The van der Waals surface area contributed by atoms with Crippen molar-refractivity contribution < 1.29 is 19.0 Å². The summed E-state index contributed by atoms with van der Waals surface area (Å²) < 4.78 is 19.7. The van der Waals surface area contributed by atoms with Crippen LogP contribution in [0.4, 0.5) is 0 Å². The lowest BCUT2D eigenvalue weighted by Gasteiger charge is -2.31. The highest BCUT2D eigenvalue weighted by Gasteiger charge is 2.32. The second-order valence-electron chi connectivity index (χ2n) is 13.3. The van der Waals surface area contributed by atoms with E-state index in [0.29, 0.717) is 0 Å². The Labute approximate surface area is 254 Å². The van der Waals surface area contributed by atoms with Gasteiger partial charge in [-0.25, -0.2) is 0 Å². The van der Waals surface area contributed by atoms with E-state index >= 15 is 0 Å². The van der Waals surface area contributed by atoms with Crippen LogP contribution in [0, 0.1) is 19.3 Å². The van der Waals surface area contributed by atoms with Crippen LogP contribution in [0.5, 0.6) is 5.75 Å². The van der Waals surface area contributed by atoms with Gasteiger partial charge in [0.25, 0.3) is 0 Å². The second kappa shape index (κ2) is 11.8. The molecule has 222 valence electrons. The fourth-order valence-electron chi connectivity index (χ4n) is 5.56. The van der Waals surface area contributed by atoms with Gasteiger partial charge in [0.1, 0.15) is 18.5 Å². The van der Waals surface area contributed by atoms with Gasteiger partial charge in [-0.2, -0.15) is 0 Å². The van der Waals surface area contributed by atoms with Crippen molar-refractivity contribution in [1.82, 2.24) is 4.98 Å². The Balaban J connectivity index is 1.73. The van der Waals surface area contributed by atoms with Crippen LogP contribution in [0.3, 0.4) is 0 Å². The average Bonchev–Trinajstić information content (AvgIpc) is 3.23. The number of rotatable bonds is 7. The lowest BCUT2D eigenvalue weighted by Crippen LogP contribution is -2.30. The third kappa shape index (κ3) is 6.55. The molecule has 0 aliphatic carbocycles. The molecule has 1 atom stereocenters. The van der Waals surface area contributed by atoms with Crippen LogP contribution in [-0.4, -0.2) is 29.8 Å². The lowest BCUT2D eigenvalue weighted by molar-refractivity contribution is -0.162. The fraction of sp³-hybridized carbons (Fsp3) is 0.444. The molecular weight excluding hydrogens is 542 g/mol. The molecule has 2 aromatic heterocycles. The third-order valence-electron chi connectivity index (χ3n) is 7.56. The summed E-state index contributed by atoms with van der Waals surface area (Å²) in [5, 5.41) is 0. The molecule has 42 heavy (non-hydrogen) atoms. The molecule has 0 bridgehead atoms. The number of carbonyl (C=O) groups excluding carboxylic acids is 1. The SMILES string of the molecule is Cc1nc2c(Cc3ccccc3)c(C)sc2c(-c2ccc3c(c2)CCCO3)c1[C@@H](COC(=O)C(C)(C)C)OC(C)(C)C. The van der Waals surface area contributed by atoms with E-state index in [2.05, 4.69) is 62.4 Å². The second-order valence-corrected chi connectivity index (χ2v) is 14.5. The molecule has 5 nitrogen and oxygen atoms in total. The first-order valence-corrected chi connectivity index (χ1v) is 15.7. The normalized spacial score (nSPS) is 14.4. The summed E-state index contributed by atoms with van der Waals surface area (Å²) in [7, 11) is 0. The first kappa shape index (κ1) is 30.2. The van der Waals surface area contributed by atoms with Crippen LogP contribution in [0.15, 0.2) is 48.5 Å². The maximum atomic E-state index is 12.9. The summed E-state index contributed by atoms with van der Waals surface area (Å²) in [6.07, 6.45) is 2.32. The molecule has 1 aliphatic rings. The predicted molar refractivity (Wildman–Crippen MR) is 172 cm³/mol. The van der Waals surface area contributed by atoms with Crippen molar-refractivity contribution in [2.45, 2.75) is 86.4 Å². The number of hydrogen-bond donors (Lipinski definition) is 0. The zero-order chi connectivity index (χ0) is 30.2. The van der Waals surface area contributed by atoms with E-state index in [-0.39, 0.29) is 12.6 Å². The topological polar surface area (TPSA) is 57.7 Å². The molecule has 6 heteroatoms. The average molecular weight is 586 g/mol. The van der Waals surface area contributed by atoms with Gasteiger partial charge in [-0.3, -0.25) is 9.78 Å². The van der Waals surface area contributed by atoms with Gasteiger partial charge < -0.3 is 14.2 Å². The van der Waals surface area contributed by atoms with Crippen LogP contribution in [0.25, 0.3) is 21.3 Å². The highest BCUT2D eigenvalue weighted by atomic mass is 32.1. The van der Waals surface area contributed by atoms with Crippen molar-refractivity contribution >= 4 is 27.5 Å². The quantitative estimate of drug-likeness (QED) is 0.203. The summed E-state index contributed by atoms with van der Waals surface area (Å²) >= 11 is 1.79. The lowest BCUT2D eigenvalue weighted by atomic mass is 9.91. The van der Waals surface area contributed by atoms with E-state index in [1.807, 2.05) is 41.5 Å². The summed E-state index contributed by atoms with van der Waals surface area (Å²) in [5.41, 5.74) is 7.78. The number of nitrogens with zero attached hydrogens (tertiary/aromatic N) is 1. The van der Waals surface area contributed by atoms with Crippen molar-refractivity contribution in [2.75, 3.05) is 13.2 Å². The van der Waals surface area contributed by atoms with Crippen molar-refractivity contribution in [3.8, 4) is 16.9 Å². The molecule has 0 fully saturated rings. The largest absolute Gasteiger partial charge is 0.493 e. The van der Waals surface area contributed by atoms with Gasteiger partial charge >= 0.3 is 5.97 Å². The van der Waals surface area contributed by atoms with E-state index in [1.165, 1.54) is 21.6 Å². The summed E-state index contributed by atoms with van der Waals surface area (Å²) in [6, 6.07) is 17.1. The molecule has 0 saturated heterocycles. The molecule has 2 aromatic carbocycles. The number of carbonyl (C=O) groups is 1. The van der Waals surface area contributed by atoms with Gasteiger partial charge in [0.05, 0.1) is 27.8 Å². The number of hydrogen-bond acceptors (Lipinski definition) is 6. The van der Waals surface area contributed by atoms with E-state index < -0.39 is 17.1 Å². The molecule has 0 unspecified atom stereocenters. The molecule has 4 aromatic rings. The van der Waals surface area contributed by atoms with Gasteiger partial charge in [0.2, 0.25) is 0 Å². The van der Waals surface area contributed by atoms with Crippen LogP contribution in [-0.2, 0) is 27.1 Å². The maximum absolute atomic E-state index is 12.9. The Kier molecular flexibility index (Phi) is 8.51. The highest BCUT2D eigenvalue weighted by molar-refractivity contribution is 7.19. The molecule has 1 aliphatic heterocycles. The first-order chi connectivity index (χ1) is 19.8. The van der Waals surface area contributed by atoms with E-state index in [4.69, 9.17) is 19.2 Å². The smallest absolute Gasteiger partial charge is 0.311 e. The van der Waals surface area contributed by atoms with Gasteiger partial charge in [-0.1, -0.05) is 36.4 Å². The number of fused-ring (bicyclic) bond motifs is 2. The highest BCUT2D eigenvalue weighted by Crippen LogP contribution is 2.45. The molecule has 0 radical (unpaired) electrons. The van der Waals surface area contributed by atoms with Gasteiger partial charge in [0, 0.05) is 28.1 Å². The standard InChI is InChI=1S/C36H43NO4S/c1-22-30(29(41-36(6,7)8)21-40-34(38)35(3,4)5)31(26-16-17-28-25(20-26)15-12-18-39-28)33-32(37-22)27(23(2)42-33)19-24-13-10-9-11-14-24/h9-11,13-14,16-17,20,29H,12,15,18-19,21H2,1-8H3/t29-/m1/s1. The van der Waals surface area contributed by atoms with Crippen molar-refractivity contribution in [2.24, 2.45) is 5.41 Å². The number of ether oxygens (including phenoxy) is 3. The minimum Gasteiger partial charge on any atom is -0.493 e. The Morgan fingerprint density at radius 3 is 2.48 bits per heavy atom. The zero-order valence-electron chi connectivity index (χ0n) is 26.2. The zero-order valence-corrected chi connectivity index (χ0v) is 27.0. The van der Waals surface area contributed by atoms with Crippen molar-refractivity contribution in [1.29, 1.82) is 0 Å². The molecule has 0 N–H and O–H groups in total. The monoisotopic (exact) mass is 585 g/mol. The number of thiophene rings is 1. The number of aryl methyl sites for hydroxylation is 3. The van der Waals surface area contributed by atoms with Crippen LogP contribution in [0.2, 0.25) is 0 Å². The van der Waals surface area contributed by atoms with E-state index in [1.54, 1.807) is 11.3 Å². The van der Waals surface area contributed by atoms with Gasteiger partial charge in [-0.05, 0) is 103 Å². The van der Waals surface area contributed by atoms with Crippen molar-refractivity contribution in [3.05, 3.63) is 81.4 Å². The van der Waals surface area contributed by atoms with Gasteiger partial charge in [0.15, 0.2) is 0 Å². The molecular formula is C36H43NO4S. The van der Waals surface area contributed by atoms with Gasteiger partial charge in [-0.15, -0.1) is 11.3 Å². The fourth-order valence-corrected chi connectivity index (χ4v) is 6.75. The predicted octanol–water partition coefficient (Wildman–Crippen LogP) is 8.94.